The molecule has 102 valence electrons. The first-order valence-corrected chi connectivity index (χ1v) is 6.47. The number of esters is 1. The van der Waals surface area contributed by atoms with E-state index in [0.29, 0.717) is 16.7 Å². The highest BCUT2D eigenvalue weighted by molar-refractivity contribution is 7.89. The molecule has 0 amide bonds. The van der Waals surface area contributed by atoms with E-state index in [9.17, 15) is 26.4 Å². The average Bonchev–Trinajstić information content (AvgIpc) is 2.56. The lowest BCUT2D eigenvalue weighted by atomic mass is 10.4. The first-order valence-electron chi connectivity index (χ1n) is 4.04. The molecule has 0 aromatic carbocycles. The number of nitrogens with two attached hydrogens (primary N) is 1. The van der Waals surface area contributed by atoms with Crippen molar-refractivity contribution < 1.29 is 35.9 Å². The van der Waals surface area contributed by atoms with Gasteiger partial charge >= 0.3 is 12.3 Å². The molecule has 0 fully saturated rings. The third-order valence-electron chi connectivity index (χ3n) is 1.59. The van der Waals surface area contributed by atoms with Gasteiger partial charge in [-0.3, -0.25) is 0 Å². The van der Waals surface area contributed by atoms with E-state index >= 15 is 0 Å². The second-order valence-electron chi connectivity index (χ2n) is 2.84. The zero-order valence-corrected chi connectivity index (χ0v) is 10.3. The third-order valence-corrected chi connectivity index (χ3v) is 3.64. The van der Waals surface area contributed by atoms with Crippen molar-refractivity contribution >= 4 is 27.3 Å². The van der Waals surface area contributed by atoms with Gasteiger partial charge in [-0.05, 0) is 0 Å². The van der Waals surface area contributed by atoms with Crippen LogP contribution in [0.15, 0.2) is 10.3 Å². The number of ether oxygens (including phenoxy) is 2. The van der Waals surface area contributed by atoms with Crippen molar-refractivity contribution in [2.24, 2.45) is 5.14 Å². The van der Waals surface area contributed by atoms with Gasteiger partial charge in [0, 0.05) is 5.38 Å². The van der Waals surface area contributed by atoms with Crippen molar-refractivity contribution in [3.8, 4) is 5.75 Å². The summed E-state index contributed by atoms with van der Waals surface area (Å²) in [5.41, 5.74) is 0. The zero-order chi connectivity index (χ0) is 14.1. The molecule has 1 aromatic rings. The van der Waals surface area contributed by atoms with Gasteiger partial charge in [0.2, 0.25) is 10.0 Å². The van der Waals surface area contributed by atoms with E-state index in [4.69, 9.17) is 5.14 Å². The minimum absolute atomic E-state index is 0.418. The molecule has 11 heteroatoms. The van der Waals surface area contributed by atoms with Gasteiger partial charge in [0.05, 0.1) is 7.11 Å². The van der Waals surface area contributed by atoms with Crippen LogP contribution in [-0.2, 0) is 14.8 Å². The minimum Gasteiger partial charge on any atom is -0.465 e. The van der Waals surface area contributed by atoms with E-state index in [1.165, 1.54) is 0 Å². The summed E-state index contributed by atoms with van der Waals surface area (Å²) in [5.74, 6) is -2.18. The Kier molecular flexibility index (Phi) is 3.88. The number of rotatable bonds is 3. The van der Waals surface area contributed by atoms with Crippen molar-refractivity contribution in [2.45, 2.75) is 11.3 Å². The molecule has 0 saturated carbocycles. The molecule has 0 unspecified atom stereocenters. The number of alkyl halides is 3. The van der Waals surface area contributed by atoms with Crippen molar-refractivity contribution in [2.75, 3.05) is 7.11 Å². The van der Waals surface area contributed by atoms with Crippen LogP contribution in [0.2, 0.25) is 0 Å². The summed E-state index contributed by atoms with van der Waals surface area (Å²) >= 11 is 0.418. The highest BCUT2D eigenvalue weighted by atomic mass is 32.2. The van der Waals surface area contributed by atoms with Gasteiger partial charge in [-0.25, -0.2) is 18.4 Å². The van der Waals surface area contributed by atoms with Crippen LogP contribution in [0, 0.1) is 0 Å². The Hall–Kier alpha value is -1.33. The number of carbonyl (C=O) groups is 1. The number of sulfonamides is 1. The van der Waals surface area contributed by atoms with Crippen LogP contribution < -0.4 is 9.88 Å². The van der Waals surface area contributed by atoms with E-state index < -0.39 is 37.9 Å². The normalized spacial score (nSPS) is 12.3. The lowest BCUT2D eigenvalue weighted by molar-refractivity contribution is -0.275. The Morgan fingerprint density at radius 3 is 2.39 bits per heavy atom. The van der Waals surface area contributed by atoms with E-state index in [2.05, 4.69) is 9.47 Å². The Morgan fingerprint density at radius 2 is 2.00 bits per heavy atom. The number of primary sulfonamides is 1. The lowest BCUT2D eigenvalue weighted by Crippen LogP contribution is -2.21. The molecule has 0 aliphatic rings. The second-order valence-corrected chi connectivity index (χ2v) is 5.22. The molecule has 0 bridgehead atoms. The topological polar surface area (TPSA) is 95.7 Å². The number of hydrogen-bond donors (Lipinski definition) is 1. The van der Waals surface area contributed by atoms with Crippen molar-refractivity contribution in [1.82, 2.24) is 0 Å². The Bertz CT molecular complexity index is 562. The number of carbonyl (C=O) groups excluding carboxylic acids is 1. The third kappa shape index (κ3) is 3.34. The fourth-order valence-electron chi connectivity index (χ4n) is 1.03. The van der Waals surface area contributed by atoms with Gasteiger partial charge in [-0.15, -0.1) is 24.5 Å². The van der Waals surface area contributed by atoms with Crippen molar-refractivity contribution in [3.63, 3.8) is 0 Å². The highest BCUT2D eigenvalue weighted by Crippen LogP contribution is 2.36. The first-order chi connectivity index (χ1) is 8.06. The fraction of sp³-hybridized carbons (Fsp3) is 0.286. The molecule has 1 rings (SSSR count). The molecule has 6 nitrogen and oxygen atoms in total. The Balaban J connectivity index is 3.39. The first kappa shape index (κ1) is 14.7. The van der Waals surface area contributed by atoms with Crippen molar-refractivity contribution in [1.29, 1.82) is 0 Å². The van der Waals surface area contributed by atoms with Gasteiger partial charge in [-0.2, -0.15) is 0 Å². The number of halogens is 3. The fourth-order valence-corrected chi connectivity index (χ4v) is 3.10. The molecule has 18 heavy (non-hydrogen) atoms. The van der Waals surface area contributed by atoms with Crippen LogP contribution in [-0.4, -0.2) is 27.9 Å². The molecule has 2 N–H and O–H groups in total. The molecule has 0 atom stereocenters. The zero-order valence-electron chi connectivity index (χ0n) is 8.65. The summed E-state index contributed by atoms with van der Waals surface area (Å²) in [4.78, 5) is 9.56. The maximum absolute atomic E-state index is 12.0. The molecular weight excluding hydrogens is 299 g/mol. The van der Waals surface area contributed by atoms with Gasteiger partial charge < -0.3 is 9.47 Å². The molecule has 0 radical (unpaired) electrons. The summed E-state index contributed by atoms with van der Waals surface area (Å²) in [6.45, 7) is 0. The molecule has 1 heterocycles. The second kappa shape index (κ2) is 4.74. The average molecular weight is 305 g/mol. The maximum atomic E-state index is 12.0. The molecule has 0 saturated heterocycles. The van der Waals surface area contributed by atoms with Gasteiger partial charge in [-0.1, -0.05) is 0 Å². The summed E-state index contributed by atoms with van der Waals surface area (Å²) < 4.78 is 66.1. The number of hydrogen-bond acceptors (Lipinski definition) is 6. The van der Waals surface area contributed by atoms with Gasteiger partial charge in [0.15, 0.2) is 5.75 Å². The quantitative estimate of drug-likeness (QED) is 0.843. The predicted molar refractivity (Wildman–Crippen MR) is 53.7 cm³/mol. The van der Waals surface area contributed by atoms with Crippen LogP contribution >= 0.6 is 11.3 Å². The maximum Gasteiger partial charge on any atom is 0.573 e. The monoisotopic (exact) mass is 305 g/mol. The summed E-state index contributed by atoms with van der Waals surface area (Å²) in [7, 11) is -3.62. The Morgan fingerprint density at radius 1 is 1.44 bits per heavy atom. The number of methoxy groups -OCH3 is 1. The van der Waals surface area contributed by atoms with Crippen molar-refractivity contribution in [3.05, 3.63) is 10.3 Å². The summed E-state index contributed by atoms with van der Waals surface area (Å²) in [6, 6.07) is 0. The smallest absolute Gasteiger partial charge is 0.465 e. The molecule has 1 aromatic heterocycles. The predicted octanol–water partition coefficient (Wildman–Crippen LogP) is 1.08. The largest absolute Gasteiger partial charge is 0.573 e. The van der Waals surface area contributed by atoms with Crippen LogP contribution in [0.3, 0.4) is 0 Å². The Labute approximate surface area is 103 Å². The minimum atomic E-state index is -5.10. The lowest BCUT2D eigenvalue weighted by Gasteiger charge is -2.09. The van der Waals surface area contributed by atoms with E-state index in [0.717, 1.165) is 7.11 Å². The van der Waals surface area contributed by atoms with Crippen LogP contribution in [0.25, 0.3) is 0 Å². The standard InChI is InChI=1S/C7H6F3NO5S2/c1-15-6(12)4-5(18(11,13)14)3(2-17-4)16-7(8,9)10/h2H,1H3,(H2,11,13,14). The van der Waals surface area contributed by atoms with E-state index in [1.54, 1.807) is 0 Å². The highest BCUT2D eigenvalue weighted by Gasteiger charge is 2.36. The molecule has 0 spiro atoms. The van der Waals surface area contributed by atoms with Gasteiger partial charge in [0.25, 0.3) is 0 Å². The SMILES string of the molecule is COC(=O)c1scc(OC(F)(F)F)c1S(N)(=O)=O. The van der Waals surface area contributed by atoms with Gasteiger partial charge in [0.1, 0.15) is 9.77 Å². The van der Waals surface area contributed by atoms with E-state index in [-0.39, 0.29) is 0 Å². The summed E-state index contributed by atoms with van der Waals surface area (Å²) in [5, 5.41) is 5.45. The summed E-state index contributed by atoms with van der Waals surface area (Å²) in [6.07, 6.45) is -5.10. The van der Waals surface area contributed by atoms with E-state index in [1.807, 2.05) is 0 Å². The molecular formula is C7H6F3NO5S2. The molecule has 0 aliphatic carbocycles. The van der Waals surface area contributed by atoms with Crippen LogP contribution in [0.5, 0.6) is 5.75 Å². The number of thiophene rings is 1. The van der Waals surface area contributed by atoms with Crippen LogP contribution in [0.1, 0.15) is 9.67 Å². The van der Waals surface area contributed by atoms with Crippen LogP contribution in [0.4, 0.5) is 13.2 Å². The molecule has 0 aliphatic heterocycles.